The smallest absolute Gasteiger partial charge is 0.238 e. The molecule has 1 N–H and O–H groups in total. The van der Waals surface area contributed by atoms with E-state index < -0.39 is 6.04 Å². The van der Waals surface area contributed by atoms with Crippen molar-refractivity contribution < 1.29 is 14.6 Å². The summed E-state index contributed by atoms with van der Waals surface area (Å²) in [7, 11) is 0. The molecule has 0 radical (unpaired) electrons. The number of morpholine rings is 1. The summed E-state index contributed by atoms with van der Waals surface area (Å²) in [5.41, 5.74) is 2.03. The zero-order chi connectivity index (χ0) is 18.5. The van der Waals surface area contributed by atoms with Gasteiger partial charge in [-0.25, -0.2) is 0 Å². The molecular weight excluding hydrogens is 330 g/mol. The van der Waals surface area contributed by atoms with E-state index in [4.69, 9.17) is 4.74 Å². The number of aliphatic hydroxyl groups is 1. The van der Waals surface area contributed by atoms with Gasteiger partial charge in [-0.05, 0) is 18.1 Å². The van der Waals surface area contributed by atoms with Gasteiger partial charge in [-0.15, -0.1) is 0 Å². The van der Waals surface area contributed by atoms with Crippen molar-refractivity contribution in [3.63, 3.8) is 0 Å². The van der Waals surface area contributed by atoms with Gasteiger partial charge in [-0.1, -0.05) is 36.4 Å². The SMILES string of the molecule is C/C=C/c1ccccc1[C@H]1[C@@H](CO)N(C(=O)CN2CCOCC2)[C@H]1C#N. The minimum absolute atomic E-state index is 0.0998. The first-order valence-electron chi connectivity index (χ1n) is 9.04. The Morgan fingerprint density at radius 3 is 2.77 bits per heavy atom. The topological polar surface area (TPSA) is 76.8 Å². The Kier molecular flexibility index (Phi) is 6.04. The monoisotopic (exact) mass is 355 g/mol. The highest BCUT2D eigenvalue weighted by molar-refractivity contribution is 5.81. The van der Waals surface area contributed by atoms with Crippen LogP contribution in [0, 0.1) is 11.3 Å². The molecule has 0 spiro atoms. The summed E-state index contributed by atoms with van der Waals surface area (Å²) >= 11 is 0. The molecule has 0 unspecified atom stereocenters. The van der Waals surface area contributed by atoms with Crippen LogP contribution in [0.5, 0.6) is 0 Å². The predicted octanol–water partition coefficient (Wildman–Crippen LogP) is 1.23. The number of hydrogen-bond donors (Lipinski definition) is 1. The van der Waals surface area contributed by atoms with Gasteiger partial charge in [0.15, 0.2) is 0 Å². The maximum absolute atomic E-state index is 12.8. The Morgan fingerprint density at radius 2 is 2.12 bits per heavy atom. The van der Waals surface area contributed by atoms with Crippen LogP contribution in [0.15, 0.2) is 30.3 Å². The number of ether oxygens (including phenoxy) is 1. The number of likely N-dealkylation sites (tertiary alicyclic amines) is 1. The zero-order valence-electron chi connectivity index (χ0n) is 15.0. The van der Waals surface area contributed by atoms with Crippen LogP contribution in [-0.2, 0) is 9.53 Å². The van der Waals surface area contributed by atoms with E-state index in [-0.39, 0.29) is 31.0 Å². The van der Waals surface area contributed by atoms with Crippen molar-refractivity contribution in [1.29, 1.82) is 5.26 Å². The number of aliphatic hydroxyl groups excluding tert-OH is 1. The number of amides is 1. The molecule has 0 saturated carbocycles. The third-order valence-electron chi connectivity index (χ3n) is 5.18. The lowest BCUT2D eigenvalue weighted by Gasteiger charge is -2.52. The minimum Gasteiger partial charge on any atom is -0.394 e. The Morgan fingerprint density at radius 1 is 1.38 bits per heavy atom. The molecule has 6 nitrogen and oxygen atoms in total. The molecule has 6 heteroatoms. The molecule has 0 bridgehead atoms. The molecule has 3 atom stereocenters. The van der Waals surface area contributed by atoms with E-state index in [1.807, 2.05) is 48.2 Å². The maximum Gasteiger partial charge on any atom is 0.238 e. The lowest BCUT2D eigenvalue weighted by molar-refractivity contribution is -0.149. The Hall–Kier alpha value is -2.20. The number of carbonyl (C=O) groups excluding carboxylic acids is 1. The Balaban J connectivity index is 1.80. The number of hydrogen-bond acceptors (Lipinski definition) is 5. The number of carbonyl (C=O) groups is 1. The van der Waals surface area contributed by atoms with Crippen LogP contribution in [0.25, 0.3) is 6.08 Å². The molecule has 2 aliphatic rings. The van der Waals surface area contributed by atoms with E-state index in [0.29, 0.717) is 26.3 Å². The van der Waals surface area contributed by atoms with Gasteiger partial charge in [0.25, 0.3) is 0 Å². The molecule has 1 aromatic carbocycles. The molecule has 26 heavy (non-hydrogen) atoms. The van der Waals surface area contributed by atoms with Gasteiger partial charge >= 0.3 is 0 Å². The summed E-state index contributed by atoms with van der Waals surface area (Å²) in [6.45, 7) is 4.74. The van der Waals surface area contributed by atoms with Crippen molar-refractivity contribution >= 4 is 12.0 Å². The largest absolute Gasteiger partial charge is 0.394 e. The molecule has 2 heterocycles. The van der Waals surface area contributed by atoms with E-state index in [1.54, 1.807) is 4.90 Å². The third-order valence-corrected chi connectivity index (χ3v) is 5.18. The van der Waals surface area contributed by atoms with Gasteiger partial charge in [0, 0.05) is 19.0 Å². The molecule has 3 rings (SSSR count). The van der Waals surface area contributed by atoms with E-state index in [0.717, 1.165) is 11.1 Å². The number of allylic oxidation sites excluding steroid dienone is 1. The predicted molar refractivity (Wildman–Crippen MR) is 98.3 cm³/mol. The second-order valence-electron chi connectivity index (χ2n) is 6.67. The first-order chi connectivity index (χ1) is 12.7. The highest BCUT2D eigenvalue weighted by Crippen LogP contribution is 2.42. The van der Waals surface area contributed by atoms with E-state index in [9.17, 15) is 15.2 Å². The fourth-order valence-electron chi connectivity index (χ4n) is 3.90. The lowest BCUT2D eigenvalue weighted by Crippen LogP contribution is -2.66. The first kappa shape index (κ1) is 18.6. The van der Waals surface area contributed by atoms with Crippen LogP contribution in [0.2, 0.25) is 0 Å². The zero-order valence-corrected chi connectivity index (χ0v) is 15.0. The van der Waals surface area contributed by atoms with E-state index in [2.05, 4.69) is 6.07 Å². The quantitative estimate of drug-likeness (QED) is 0.860. The van der Waals surface area contributed by atoms with Crippen LogP contribution < -0.4 is 0 Å². The molecule has 2 aliphatic heterocycles. The molecular formula is C20H25N3O3. The molecule has 2 saturated heterocycles. The van der Waals surface area contributed by atoms with Gasteiger partial charge in [-0.3, -0.25) is 9.69 Å². The van der Waals surface area contributed by atoms with Gasteiger partial charge in [0.2, 0.25) is 5.91 Å². The Bertz CT molecular complexity index is 706. The molecule has 0 aromatic heterocycles. The van der Waals surface area contributed by atoms with Gasteiger partial charge in [0.05, 0.1) is 38.5 Å². The van der Waals surface area contributed by atoms with Crippen molar-refractivity contribution in [2.45, 2.75) is 24.9 Å². The normalized spacial score (nSPS) is 26.5. The summed E-state index contributed by atoms with van der Waals surface area (Å²) in [6.07, 6.45) is 3.95. The molecule has 1 amide bonds. The van der Waals surface area contributed by atoms with E-state index in [1.165, 1.54) is 0 Å². The average Bonchev–Trinajstić information content (AvgIpc) is 2.64. The molecule has 138 valence electrons. The highest BCUT2D eigenvalue weighted by atomic mass is 16.5. The van der Waals surface area contributed by atoms with Crippen LogP contribution in [-0.4, -0.2) is 72.4 Å². The van der Waals surface area contributed by atoms with Crippen molar-refractivity contribution in [3.05, 3.63) is 41.5 Å². The van der Waals surface area contributed by atoms with Crippen LogP contribution in [0.4, 0.5) is 0 Å². The summed E-state index contributed by atoms with van der Waals surface area (Å²) in [5.74, 6) is -0.275. The summed E-state index contributed by atoms with van der Waals surface area (Å²) in [5, 5.41) is 19.6. The lowest BCUT2D eigenvalue weighted by atomic mass is 9.74. The second kappa shape index (κ2) is 8.45. The molecule has 0 aliphatic carbocycles. The number of nitrogens with zero attached hydrogens (tertiary/aromatic N) is 3. The highest BCUT2D eigenvalue weighted by Gasteiger charge is 2.52. The number of rotatable bonds is 5. The van der Waals surface area contributed by atoms with Crippen molar-refractivity contribution in [2.75, 3.05) is 39.5 Å². The van der Waals surface area contributed by atoms with E-state index >= 15 is 0 Å². The molecule has 1 aromatic rings. The summed E-state index contributed by atoms with van der Waals surface area (Å²) in [6, 6.07) is 9.23. The Labute approximate surface area is 154 Å². The van der Waals surface area contributed by atoms with Crippen molar-refractivity contribution in [2.24, 2.45) is 0 Å². The van der Waals surface area contributed by atoms with Crippen LogP contribution >= 0.6 is 0 Å². The van der Waals surface area contributed by atoms with Crippen molar-refractivity contribution in [3.8, 4) is 6.07 Å². The standard InChI is InChI=1S/C20H25N3O3/c1-2-5-15-6-3-4-7-16(15)20-17(12-21)23(18(20)14-24)19(25)13-22-8-10-26-11-9-22/h2-7,17-18,20,24H,8-11,13-14H2,1H3/b5-2+/t17-,18+,20+/m0/s1. The maximum atomic E-state index is 12.8. The van der Waals surface area contributed by atoms with Crippen LogP contribution in [0.3, 0.4) is 0 Å². The minimum atomic E-state index is -0.549. The first-order valence-corrected chi connectivity index (χ1v) is 9.04. The summed E-state index contributed by atoms with van der Waals surface area (Å²) < 4.78 is 5.31. The summed E-state index contributed by atoms with van der Waals surface area (Å²) in [4.78, 5) is 16.4. The number of nitriles is 1. The third kappa shape index (κ3) is 3.51. The molecule has 2 fully saturated rings. The van der Waals surface area contributed by atoms with Crippen molar-refractivity contribution in [1.82, 2.24) is 9.80 Å². The second-order valence-corrected chi connectivity index (χ2v) is 6.67. The van der Waals surface area contributed by atoms with Crippen LogP contribution in [0.1, 0.15) is 24.0 Å². The number of benzene rings is 1. The fourth-order valence-corrected chi connectivity index (χ4v) is 3.90. The van der Waals surface area contributed by atoms with Gasteiger partial charge in [-0.2, -0.15) is 5.26 Å². The average molecular weight is 355 g/mol. The van der Waals surface area contributed by atoms with Gasteiger partial charge in [0.1, 0.15) is 6.04 Å². The van der Waals surface area contributed by atoms with Gasteiger partial charge < -0.3 is 14.7 Å². The fraction of sp³-hybridized carbons (Fsp3) is 0.500.